The van der Waals surface area contributed by atoms with Crippen molar-refractivity contribution < 1.29 is 4.74 Å². The second-order valence-electron chi connectivity index (χ2n) is 7.46. The number of nitrogens with zero attached hydrogens (tertiary/aromatic N) is 1. The van der Waals surface area contributed by atoms with Gasteiger partial charge < -0.3 is 10.5 Å². The minimum atomic E-state index is 0.385. The van der Waals surface area contributed by atoms with E-state index < -0.39 is 0 Å². The zero-order valence-electron chi connectivity index (χ0n) is 13.2. The summed E-state index contributed by atoms with van der Waals surface area (Å²) in [6.45, 7) is 5.44. The first-order valence-electron chi connectivity index (χ1n) is 8.82. The normalized spacial score (nSPS) is 36.3. The first-order chi connectivity index (χ1) is 9.72. The van der Waals surface area contributed by atoms with Gasteiger partial charge in [-0.15, -0.1) is 0 Å². The molecule has 0 aromatic rings. The van der Waals surface area contributed by atoms with Gasteiger partial charge in [-0.2, -0.15) is 0 Å². The summed E-state index contributed by atoms with van der Waals surface area (Å²) >= 11 is 0. The smallest absolute Gasteiger partial charge is 0.0747 e. The van der Waals surface area contributed by atoms with Crippen LogP contribution in [0.1, 0.15) is 64.7 Å². The van der Waals surface area contributed by atoms with Crippen LogP contribution in [0.3, 0.4) is 0 Å². The molecule has 2 saturated heterocycles. The third kappa shape index (κ3) is 3.05. The fourth-order valence-corrected chi connectivity index (χ4v) is 4.78. The van der Waals surface area contributed by atoms with Crippen molar-refractivity contribution >= 4 is 0 Å². The maximum Gasteiger partial charge on any atom is 0.0747 e. The summed E-state index contributed by atoms with van der Waals surface area (Å²) < 4.78 is 6.08. The lowest BCUT2D eigenvalue weighted by atomic mass is 9.68. The molecule has 2 N–H and O–H groups in total. The number of rotatable bonds is 3. The Bertz CT molecular complexity index is 304. The highest BCUT2D eigenvalue weighted by Crippen LogP contribution is 2.45. The van der Waals surface area contributed by atoms with E-state index in [1.165, 1.54) is 70.9 Å². The molecule has 3 unspecified atom stereocenters. The second-order valence-corrected chi connectivity index (χ2v) is 7.46. The zero-order chi connectivity index (χ0) is 14.0. The van der Waals surface area contributed by atoms with Crippen molar-refractivity contribution in [2.45, 2.75) is 83.0 Å². The molecule has 3 rings (SSSR count). The molecule has 3 atom stereocenters. The second kappa shape index (κ2) is 6.33. The highest BCUT2D eigenvalue weighted by Gasteiger charge is 2.39. The minimum absolute atomic E-state index is 0.385. The fraction of sp³-hybridized carbons (Fsp3) is 1.00. The van der Waals surface area contributed by atoms with E-state index >= 15 is 0 Å². The lowest BCUT2D eigenvalue weighted by molar-refractivity contribution is -0.0293. The summed E-state index contributed by atoms with van der Waals surface area (Å²) in [5.74, 6) is 0. The van der Waals surface area contributed by atoms with Crippen LogP contribution in [0.4, 0.5) is 0 Å². The summed E-state index contributed by atoms with van der Waals surface area (Å²) in [4.78, 5) is 2.64. The summed E-state index contributed by atoms with van der Waals surface area (Å²) in [7, 11) is 0. The van der Waals surface area contributed by atoms with Crippen LogP contribution in [0.2, 0.25) is 0 Å². The lowest BCUT2D eigenvalue weighted by Crippen LogP contribution is -2.53. The summed E-state index contributed by atoms with van der Waals surface area (Å²) in [5.41, 5.74) is 6.77. The van der Waals surface area contributed by atoms with E-state index in [1.807, 2.05) is 0 Å². The molecule has 1 aliphatic carbocycles. The molecule has 3 fully saturated rings. The van der Waals surface area contributed by atoms with Crippen LogP contribution in [0.5, 0.6) is 0 Å². The predicted octanol–water partition coefficient (Wildman–Crippen LogP) is 2.93. The van der Waals surface area contributed by atoms with Crippen molar-refractivity contribution in [3.05, 3.63) is 0 Å². The molecule has 0 aromatic heterocycles. The van der Waals surface area contributed by atoms with Crippen LogP contribution < -0.4 is 5.73 Å². The molecular formula is C17H32N2O. The van der Waals surface area contributed by atoms with E-state index in [0.717, 1.165) is 6.54 Å². The van der Waals surface area contributed by atoms with Gasteiger partial charge >= 0.3 is 0 Å². The maximum absolute atomic E-state index is 6.08. The van der Waals surface area contributed by atoms with Crippen molar-refractivity contribution in [2.75, 3.05) is 19.6 Å². The number of likely N-dealkylation sites (tertiary alicyclic amines) is 1. The van der Waals surface area contributed by atoms with Crippen LogP contribution in [0.25, 0.3) is 0 Å². The Morgan fingerprint density at radius 3 is 2.35 bits per heavy atom. The van der Waals surface area contributed by atoms with E-state index in [-0.39, 0.29) is 0 Å². The van der Waals surface area contributed by atoms with E-state index in [4.69, 9.17) is 10.5 Å². The summed E-state index contributed by atoms with van der Waals surface area (Å²) in [6.07, 6.45) is 13.4. The third-order valence-corrected chi connectivity index (χ3v) is 6.18. The van der Waals surface area contributed by atoms with Gasteiger partial charge in [0.15, 0.2) is 0 Å². The molecule has 0 bridgehead atoms. The van der Waals surface area contributed by atoms with Crippen LogP contribution >= 0.6 is 0 Å². The van der Waals surface area contributed by atoms with Crippen molar-refractivity contribution in [1.29, 1.82) is 0 Å². The Balaban J connectivity index is 1.56. The van der Waals surface area contributed by atoms with Gasteiger partial charge in [0, 0.05) is 12.6 Å². The Hall–Kier alpha value is -0.120. The summed E-state index contributed by atoms with van der Waals surface area (Å²) in [5, 5.41) is 0. The number of hydrogen-bond acceptors (Lipinski definition) is 3. The van der Waals surface area contributed by atoms with Gasteiger partial charge in [-0.25, -0.2) is 0 Å². The molecule has 3 heteroatoms. The highest BCUT2D eigenvalue weighted by atomic mass is 16.5. The van der Waals surface area contributed by atoms with Crippen molar-refractivity contribution in [2.24, 2.45) is 11.1 Å². The van der Waals surface area contributed by atoms with Crippen molar-refractivity contribution in [3.63, 3.8) is 0 Å². The van der Waals surface area contributed by atoms with Gasteiger partial charge in [-0.05, 0) is 64.0 Å². The molecule has 20 heavy (non-hydrogen) atoms. The van der Waals surface area contributed by atoms with Gasteiger partial charge in [0.05, 0.1) is 12.2 Å². The van der Waals surface area contributed by atoms with Gasteiger partial charge in [0.25, 0.3) is 0 Å². The quantitative estimate of drug-likeness (QED) is 0.864. The SMILES string of the molecule is CC1CCC(C(CN)N2CCC3(CCCCC3)CC2)O1. The molecule has 2 heterocycles. The van der Waals surface area contributed by atoms with Gasteiger partial charge in [0.2, 0.25) is 0 Å². The van der Waals surface area contributed by atoms with Gasteiger partial charge in [-0.1, -0.05) is 19.3 Å². The van der Waals surface area contributed by atoms with E-state index in [2.05, 4.69) is 11.8 Å². The minimum Gasteiger partial charge on any atom is -0.374 e. The number of piperidine rings is 1. The van der Waals surface area contributed by atoms with E-state index in [1.54, 1.807) is 0 Å². The Kier molecular flexibility index (Phi) is 4.68. The lowest BCUT2D eigenvalue weighted by Gasteiger charge is -2.47. The first kappa shape index (κ1) is 14.8. The van der Waals surface area contributed by atoms with Crippen LogP contribution in [-0.4, -0.2) is 42.8 Å². The zero-order valence-corrected chi connectivity index (χ0v) is 13.2. The first-order valence-corrected chi connectivity index (χ1v) is 8.82. The van der Waals surface area contributed by atoms with Crippen molar-refractivity contribution in [3.8, 4) is 0 Å². The molecule has 3 aliphatic rings. The average Bonchev–Trinajstić information content (AvgIpc) is 2.89. The fourth-order valence-electron chi connectivity index (χ4n) is 4.78. The van der Waals surface area contributed by atoms with Gasteiger partial charge in [0.1, 0.15) is 0 Å². The molecule has 1 spiro atoms. The van der Waals surface area contributed by atoms with E-state index in [0.29, 0.717) is 23.7 Å². The molecule has 3 nitrogen and oxygen atoms in total. The van der Waals surface area contributed by atoms with Gasteiger partial charge in [-0.3, -0.25) is 4.90 Å². The third-order valence-electron chi connectivity index (χ3n) is 6.18. The number of ether oxygens (including phenoxy) is 1. The molecular weight excluding hydrogens is 248 g/mol. The van der Waals surface area contributed by atoms with Crippen LogP contribution in [0.15, 0.2) is 0 Å². The molecule has 116 valence electrons. The predicted molar refractivity (Wildman–Crippen MR) is 82.7 cm³/mol. The van der Waals surface area contributed by atoms with Crippen LogP contribution in [0, 0.1) is 5.41 Å². The Labute approximate surface area is 124 Å². The van der Waals surface area contributed by atoms with Crippen LogP contribution in [-0.2, 0) is 4.74 Å². The standard InChI is InChI=1S/C17H32N2O/c1-14-5-6-16(20-14)15(13-18)19-11-9-17(10-12-19)7-3-2-4-8-17/h14-16H,2-13,18H2,1H3. The van der Waals surface area contributed by atoms with Crippen molar-refractivity contribution in [1.82, 2.24) is 4.90 Å². The monoisotopic (exact) mass is 280 g/mol. The Morgan fingerprint density at radius 2 is 1.80 bits per heavy atom. The molecule has 2 aliphatic heterocycles. The number of nitrogens with two attached hydrogens (primary N) is 1. The Morgan fingerprint density at radius 1 is 1.10 bits per heavy atom. The average molecular weight is 280 g/mol. The molecule has 1 saturated carbocycles. The molecule has 0 radical (unpaired) electrons. The highest BCUT2D eigenvalue weighted by molar-refractivity contribution is 4.93. The number of hydrogen-bond donors (Lipinski definition) is 1. The largest absolute Gasteiger partial charge is 0.374 e. The molecule has 0 aromatic carbocycles. The van der Waals surface area contributed by atoms with E-state index in [9.17, 15) is 0 Å². The summed E-state index contributed by atoms with van der Waals surface area (Å²) in [6, 6.07) is 0.459. The maximum atomic E-state index is 6.08. The topological polar surface area (TPSA) is 38.5 Å². The molecule has 0 amide bonds.